The fourth-order valence-corrected chi connectivity index (χ4v) is 2.53. The lowest BCUT2D eigenvalue weighted by molar-refractivity contribution is 0.0601. The van der Waals surface area contributed by atoms with Gasteiger partial charge in [-0.1, -0.05) is 0 Å². The van der Waals surface area contributed by atoms with Gasteiger partial charge in [0.25, 0.3) is 0 Å². The SMILES string of the molecule is COC(=O)c1ccc(Nc2cc(C)nc3cc(OC)ccc23)cc1. The van der Waals surface area contributed by atoms with Crippen molar-refractivity contribution < 1.29 is 14.3 Å². The normalized spacial score (nSPS) is 10.5. The van der Waals surface area contributed by atoms with E-state index in [2.05, 4.69) is 10.3 Å². The molecule has 0 bridgehead atoms. The molecule has 0 saturated heterocycles. The van der Waals surface area contributed by atoms with Gasteiger partial charge in [-0.3, -0.25) is 4.98 Å². The largest absolute Gasteiger partial charge is 0.497 e. The van der Waals surface area contributed by atoms with Gasteiger partial charge in [-0.15, -0.1) is 0 Å². The number of nitrogens with one attached hydrogen (secondary N) is 1. The number of benzene rings is 2. The van der Waals surface area contributed by atoms with E-state index in [0.717, 1.165) is 33.7 Å². The summed E-state index contributed by atoms with van der Waals surface area (Å²) in [6.07, 6.45) is 0. The number of anilines is 2. The van der Waals surface area contributed by atoms with E-state index in [1.165, 1.54) is 7.11 Å². The summed E-state index contributed by atoms with van der Waals surface area (Å²) < 4.78 is 9.97. The maximum atomic E-state index is 11.5. The van der Waals surface area contributed by atoms with Gasteiger partial charge in [0, 0.05) is 28.5 Å². The Hall–Kier alpha value is -3.08. The van der Waals surface area contributed by atoms with Crippen molar-refractivity contribution in [2.45, 2.75) is 6.92 Å². The molecule has 3 rings (SSSR count). The van der Waals surface area contributed by atoms with Crippen LogP contribution in [0.3, 0.4) is 0 Å². The van der Waals surface area contributed by atoms with Crippen molar-refractivity contribution in [3.63, 3.8) is 0 Å². The molecule has 2 aromatic carbocycles. The standard InChI is InChI=1S/C19H18N2O3/c1-12-10-17(16-9-8-15(23-2)11-18(16)20-12)21-14-6-4-13(5-7-14)19(22)24-3/h4-11H,1-3H3,(H,20,21). The number of fused-ring (bicyclic) bond motifs is 1. The third kappa shape index (κ3) is 3.15. The van der Waals surface area contributed by atoms with Crippen molar-refractivity contribution in [1.29, 1.82) is 0 Å². The van der Waals surface area contributed by atoms with E-state index < -0.39 is 0 Å². The second kappa shape index (κ2) is 6.58. The van der Waals surface area contributed by atoms with Crippen LogP contribution in [-0.2, 0) is 4.74 Å². The average Bonchev–Trinajstić information content (AvgIpc) is 2.61. The minimum absolute atomic E-state index is 0.348. The zero-order chi connectivity index (χ0) is 17.1. The molecule has 0 fully saturated rings. The first-order chi connectivity index (χ1) is 11.6. The third-order valence-corrected chi connectivity index (χ3v) is 3.73. The summed E-state index contributed by atoms with van der Waals surface area (Å²) in [7, 11) is 3.01. The fourth-order valence-electron chi connectivity index (χ4n) is 2.53. The summed E-state index contributed by atoms with van der Waals surface area (Å²) in [5.41, 5.74) is 4.12. The highest BCUT2D eigenvalue weighted by Gasteiger charge is 2.08. The molecule has 122 valence electrons. The van der Waals surface area contributed by atoms with E-state index in [9.17, 15) is 4.79 Å². The fraction of sp³-hybridized carbons (Fsp3) is 0.158. The van der Waals surface area contributed by atoms with Gasteiger partial charge < -0.3 is 14.8 Å². The number of methoxy groups -OCH3 is 2. The number of rotatable bonds is 4. The second-order valence-electron chi connectivity index (χ2n) is 5.39. The highest BCUT2D eigenvalue weighted by atomic mass is 16.5. The molecular weight excluding hydrogens is 304 g/mol. The van der Waals surface area contributed by atoms with Crippen LogP contribution in [0.15, 0.2) is 48.5 Å². The van der Waals surface area contributed by atoms with Crippen LogP contribution in [0.1, 0.15) is 16.1 Å². The lowest BCUT2D eigenvalue weighted by atomic mass is 10.1. The minimum atomic E-state index is -0.348. The van der Waals surface area contributed by atoms with Crippen LogP contribution in [0.4, 0.5) is 11.4 Å². The first kappa shape index (κ1) is 15.8. The number of pyridine rings is 1. The molecule has 5 heteroatoms. The lowest BCUT2D eigenvalue weighted by Gasteiger charge is -2.12. The lowest BCUT2D eigenvalue weighted by Crippen LogP contribution is -2.01. The quantitative estimate of drug-likeness (QED) is 0.733. The van der Waals surface area contributed by atoms with E-state index in [1.807, 2.05) is 43.3 Å². The summed E-state index contributed by atoms with van der Waals surface area (Å²) >= 11 is 0. The van der Waals surface area contributed by atoms with E-state index in [1.54, 1.807) is 19.2 Å². The molecule has 0 unspecified atom stereocenters. The van der Waals surface area contributed by atoms with E-state index in [-0.39, 0.29) is 5.97 Å². The van der Waals surface area contributed by atoms with Crippen LogP contribution >= 0.6 is 0 Å². The topological polar surface area (TPSA) is 60.5 Å². The summed E-state index contributed by atoms with van der Waals surface area (Å²) in [6.45, 7) is 1.95. The molecule has 1 heterocycles. The van der Waals surface area contributed by atoms with E-state index in [0.29, 0.717) is 5.56 Å². The summed E-state index contributed by atoms with van der Waals surface area (Å²) in [6, 6.07) is 14.9. The summed E-state index contributed by atoms with van der Waals surface area (Å²) in [5, 5.41) is 4.38. The number of nitrogens with zero attached hydrogens (tertiary/aromatic N) is 1. The molecule has 24 heavy (non-hydrogen) atoms. The van der Waals surface area contributed by atoms with Gasteiger partial charge in [-0.25, -0.2) is 4.79 Å². The first-order valence-electron chi connectivity index (χ1n) is 7.51. The van der Waals surface area contributed by atoms with Crippen molar-refractivity contribution in [3.05, 3.63) is 59.8 Å². The van der Waals surface area contributed by atoms with Gasteiger partial charge in [0.2, 0.25) is 0 Å². The number of carbonyl (C=O) groups is 1. The minimum Gasteiger partial charge on any atom is -0.497 e. The molecule has 3 aromatic rings. The van der Waals surface area contributed by atoms with Crippen LogP contribution in [0.5, 0.6) is 5.75 Å². The maximum absolute atomic E-state index is 11.5. The zero-order valence-electron chi connectivity index (χ0n) is 13.8. The number of aryl methyl sites for hydroxylation is 1. The van der Waals surface area contributed by atoms with Crippen molar-refractivity contribution in [2.75, 3.05) is 19.5 Å². The Morgan fingerprint density at radius 2 is 1.79 bits per heavy atom. The predicted molar refractivity (Wildman–Crippen MR) is 94.1 cm³/mol. The van der Waals surface area contributed by atoms with Crippen LogP contribution in [0, 0.1) is 6.92 Å². The number of esters is 1. The molecule has 0 radical (unpaired) electrons. The number of ether oxygens (including phenoxy) is 2. The first-order valence-corrected chi connectivity index (χ1v) is 7.51. The van der Waals surface area contributed by atoms with Crippen molar-refractivity contribution in [1.82, 2.24) is 4.98 Å². The van der Waals surface area contributed by atoms with Crippen LogP contribution in [0.25, 0.3) is 10.9 Å². The third-order valence-electron chi connectivity index (χ3n) is 3.73. The Morgan fingerprint density at radius 3 is 2.46 bits per heavy atom. The molecule has 1 aromatic heterocycles. The Morgan fingerprint density at radius 1 is 1.04 bits per heavy atom. The maximum Gasteiger partial charge on any atom is 0.337 e. The van der Waals surface area contributed by atoms with Gasteiger partial charge in [0.15, 0.2) is 0 Å². The molecule has 0 saturated carbocycles. The molecule has 5 nitrogen and oxygen atoms in total. The van der Waals surface area contributed by atoms with Gasteiger partial charge in [-0.05, 0) is 49.4 Å². The van der Waals surface area contributed by atoms with Crippen molar-refractivity contribution >= 4 is 28.2 Å². The van der Waals surface area contributed by atoms with Crippen LogP contribution in [-0.4, -0.2) is 25.2 Å². The number of carbonyl (C=O) groups excluding carboxylic acids is 1. The molecule has 0 aliphatic carbocycles. The molecule has 1 N–H and O–H groups in total. The zero-order valence-corrected chi connectivity index (χ0v) is 13.8. The Bertz CT molecular complexity index is 889. The highest BCUT2D eigenvalue weighted by Crippen LogP contribution is 2.29. The number of hydrogen-bond acceptors (Lipinski definition) is 5. The van der Waals surface area contributed by atoms with E-state index >= 15 is 0 Å². The van der Waals surface area contributed by atoms with Crippen LogP contribution in [0.2, 0.25) is 0 Å². The Balaban J connectivity index is 1.96. The average molecular weight is 322 g/mol. The summed E-state index contributed by atoms with van der Waals surface area (Å²) in [5.74, 6) is 0.424. The molecule has 0 aliphatic rings. The Labute approximate surface area is 140 Å². The number of hydrogen-bond donors (Lipinski definition) is 1. The highest BCUT2D eigenvalue weighted by molar-refractivity contribution is 5.94. The molecule has 0 amide bonds. The molecule has 0 atom stereocenters. The van der Waals surface area contributed by atoms with E-state index in [4.69, 9.17) is 9.47 Å². The molecule has 0 aliphatic heterocycles. The molecular formula is C19H18N2O3. The summed E-state index contributed by atoms with van der Waals surface area (Å²) in [4.78, 5) is 16.1. The predicted octanol–water partition coefficient (Wildman–Crippen LogP) is 4.08. The monoisotopic (exact) mass is 322 g/mol. The van der Waals surface area contributed by atoms with Crippen LogP contribution < -0.4 is 10.1 Å². The van der Waals surface area contributed by atoms with Gasteiger partial charge in [0.05, 0.1) is 25.3 Å². The second-order valence-corrected chi connectivity index (χ2v) is 5.39. The van der Waals surface area contributed by atoms with Crippen molar-refractivity contribution in [3.8, 4) is 5.75 Å². The van der Waals surface area contributed by atoms with Gasteiger partial charge >= 0.3 is 5.97 Å². The Kier molecular flexibility index (Phi) is 4.33. The number of aromatic nitrogens is 1. The molecule has 0 spiro atoms. The van der Waals surface area contributed by atoms with Crippen molar-refractivity contribution in [2.24, 2.45) is 0 Å². The van der Waals surface area contributed by atoms with Gasteiger partial charge in [-0.2, -0.15) is 0 Å². The van der Waals surface area contributed by atoms with Gasteiger partial charge in [0.1, 0.15) is 5.75 Å². The smallest absolute Gasteiger partial charge is 0.337 e.